The molecular weight excluding hydrogens is 284 g/mol. The topological polar surface area (TPSA) is 88.1 Å². The van der Waals surface area contributed by atoms with E-state index in [-0.39, 0.29) is 12.5 Å². The van der Waals surface area contributed by atoms with Gasteiger partial charge in [0.05, 0.1) is 0 Å². The van der Waals surface area contributed by atoms with Crippen LogP contribution in [0.25, 0.3) is 0 Å². The fourth-order valence-corrected chi connectivity index (χ4v) is 3.15. The number of thiophene rings is 1. The number of nitrogens with zero attached hydrogens (tertiary/aromatic N) is 1. The van der Waals surface area contributed by atoms with Crippen molar-refractivity contribution in [2.75, 3.05) is 32.8 Å². The van der Waals surface area contributed by atoms with E-state index in [1.165, 1.54) is 11.3 Å². The molecule has 108 valence electrons. The lowest BCUT2D eigenvalue weighted by Crippen LogP contribution is -2.55. The van der Waals surface area contributed by atoms with E-state index in [1.54, 1.807) is 10.3 Å². The van der Waals surface area contributed by atoms with E-state index < -0.39 is 12.0 Å². The van der Waals surface area contributed by atoms with E-state index in [0.717, 1.165) is 0 Å². The van der Waals surface area contributed by atoms with Crippen LogP contribution in [0.1, 0.15) is 9.67 Å². The number of rotatable bonds is 2. The Morgan fingerprint density at radius 2 is 2.20 bits per heavy atom. The molecule has 2 aliphatic heterocycles. The summed E-state index contributed by atoms with van der Waals surface area (Å²) < 4.78 is 10.9. The number of carboxylic acids is 1. The minimum Gasteiger partial charge on any atom is -0.485 e. The second-order valence-corrected chi connectivity index (χ2v) is 5.43. The summed E-state index contributed by atoms with van der Waals surface area (Å²) in [6.45, 7) is 2.00. The minimum atomic E-state index is -0.949. The standard InChI is InChI=1S/C12H14N2O5S/c15-11(14-2-1-13-7(5-14)12(16)17)10-9-8(6-20-10)18-3-4-19-9/h6-7,13H,1-5H2,(H,16,17). The lowest BCUT2D eigenvalue weighted by Gasteiger charge is -2.31. The molecule has 20 heavy (non-hydrogen) atoms. The van der Waals surface area contributed by atoms with Crippen LogP contribution in [0.4, 0.5) is 0 Å². The van der Waals surface area contributed by atoms with Crippen LogP contribution < -0.4 is 14.8 Å². The quantitative estimate of drug-likeness (QED) is 0.800. The molecule has 1 atom stereocenters. The fraction of sp³-hybridized carbons (Fsp3) is 0.500. The van der Waals surface area contributed by atoms with E-state index in [1.807, 2.05) is 0 Å². The Balaban J connectivity index is 1.78. The Kier molecular flexibility index (Phi) is 3.49. The molecule has 1 amide bonds. The molecule has 3 rings (SSSR count). The molecule has 1 unspecified atom stereocenters. The average molecular weight is 298 g/mol. The zero-order valence-corrected chi connectivity index (χ0v) is 11.4. The van der Waals surface area contributed by atoms with Crippen LogP contribution in [-0.2, 0) is 4.79 Å². The summed E-state index contributed by atoms with van der Waals surface area (Å²) in [7, 11) is 0. The zero-order valence-electron chi connectivity index (χ0n) is 10.6. The fourth-order valence-electron chi connectivity index (χ4n) is 2.25. The number of hydrogen-bond acceptors (Lipinski definition) is 6. The van der Waals surface area contributed by atoms with Gasteiger partial charge in [-0.1, -0.05) is 0 Å². The van der Waals surface area contributed by atoms with Crippen LogP contribution in [-0.4, -0.2) is 60.8 Å². The second kappa shape index (κ2) is 5.29. The van der Waals surface area contributed by atoms with Gasteiger partial charge in [-0.3, -0.25) is 9.59 Å². The summed E-state index contributed by atoms with van der Waals surface area (Å²) in [5, 5.41) is 13.6. The Morgan fingerprint density at radius 1 is 1.40 bits per heavy atom. The zero-order chi connectivity index (χ0) is 14.1. The predicted octanol–water partition coefficient (Wildman–Crippen LogP) is 0.0179. The van der Waals surface area contributed by atoms with Gasteiger partial charge in [-0.05, 0) is 0 Å². The van der Waals surface area contributed by atoms with Crippen LogP contribution in [0.3, 0.4) is 0 Å². The van der Waals surface area contributed by atoms with Gasteiger partial charge in [0, 0.05) is 25.0 Å². The molecule has 3 heterocycles. The minimum absolute atomic E-state index is 0.154. The normalized spacial score (nSPS) is 21.6. The van der Waals surface area contributed by atoms with Crippen molar-refractivity contribution in [2.24, 2.45) is 0 Å². The smallest absolute Gasteiger partial charge is 0.322 e. The maximum Gasteiger partial charge on any atom is 0.322 e. The van der Waals surface area contributed by atoms with Gasteiger partial charge in [-0.15, -0.1) is 11.3 Å². The van der Waals surface area contributed by atoms with Crippen molar-refractivity contribution >= 4 is 23.2 Å². The van der Waals surface area contributed by atoms with Crippen molar-refractivity contribution < 1.29 is 24.2 Å². The van der Waals surface area contributed by atoms with Crippen LogP contribution >= 0.6 is 11.3 Å². The van der Waals surface area contributed by atoms with Crippen LogP contribution in [0, 0.1) is 0 Å². The summed E-state index contributed by atoms with van der Waals surface area (Å²) in [6.07, 6.45) is 0. The maximum atomic E-state index is 12.5. The third-order valence-electron chi connectivity index (χ3n) is 3.26. The molecule has 0 aliphatic carbocycles. The molecule has 0 aromatic carbocycles. The number of carboxylic acid groups (broad SMARTS) is 1. The van der Waals surface area contributed by atoms with Gasteiger partial charge < -0.3 is 24.8 Å². The summed E-state index contributed by atoms with van der Waals surface area (Å²) in [6, 6.07) is -0.722. The van der Waals surface area contributed by atoms with Gasteiger partial charge >= 0.3 is 5.97 Å². The molecule has 0 saturated carbocycles. The first-order chi connectivity index (χ1) is 9.66. The van der Waals surface area contributed by atoms with Crippen LogP contribution in [0.2, 0.25) is 0 Å². The van der Waals surface area contributed by atoms with Crippen molar-refractivity contribution in [1.82, 2.24) is 10.2 Å². The highest BCUT2D eigenvalue weighted by molar-refractivity contribution is 7.12. The van der Waals surface area contributed by atoms with Crippen molar-refractivity contribution in [2.45, 2.75) is 6.04 Å². The second-order valence-electron chi connectivity index (χ2n) is 4.55. The number of nitrogens with one attached hydrogen (secondary N) is 1. The SMILES string of the molecule is O=C(O)C1CN(C(=O)c2scc3c2OCCO3)CCN1. The van der Waals surface area contributed by atoms with Gasteiger partial charge in [0.1, 0.15) is 24.1 Å². The Morgan fingerprint density at radius 3 is 3.00 bits per heavy atom. The summed E-state index contributed by atoms with van der Waals surface area (Å²) in [5.41, 5.74) is 0. The van der Waals surface area contributed by atoms with E-state index in [9.17, 15) is 9.59 Å². The monoisotopic (exact) mass is 298 g/mol. The summed E-state index contributed by atoms with van der Waals surface area (Å²) >= 11 is 1.27. The van der Waals surface area contributed by atoms with Gasteiger partial charge in [-0.25, -0.2) is 0 Å². The Bertz CT molecular complexity index is 544. The van der Waals surface area contributed by atoms with E-state index in [2.05, 4.69) is 5.32 Å². The average Bonchev–Trinajstić information content (AvgIpc) is 2.90. The molecule has 0 radical (unpaired) electrons. The third kappa shape index (κ3) is 2.32. The van der Waals surface area contributed by atoms with Crippen LogP contribution in [0.5, 0.6) is 11.5 Å². The van der Waals surface area contributed by atoms with Gasteiger partial charge in [0.25, 0.3) is 5.91 Å². The van der Waals surface area contributed by atoms with Gasteiger partial charge in [-0.2, -0.15) is 0 Å². The highest BCUT2D eigenvalue weighted by Gasteiger charge is 2.32. The highest BCUT2D eigenvalue weighted by atomic mass is 32.1. The molecular formula is C12H14N2O5S. The molecule has 1 saturated heterocycles. The third-order valence-corrected chi connectivity index (χ3v) is 4.18. The number of piperazine rings is 1. The predicted molar refractivity (Wildman–Crippen MR) is 70.6 cm³/mol. The number of carbonyl (C=O) groups is 2. The van der Waals surface area contributed by atoms with Crippen molar-refractivity contribution in [3.8, 4) is 11.5 Å². The first-order valence-corrected chi connectivity index (χ1v) is 7.17. The lowest BCUT2D eigenvalue weighted by atomic mass is 10.2. The van der Waals surface area contributed by atoms with Crippen molar-refractivity contribution in [3.63, 3.8) is 0 Å². The van der Waals surface area contributed by atoms with Crippen molar-refractivity contribution in [3.05, 3.63) is 10.3 Å². The molecule has 2 aliphatic rings. The molecule has 1 fully saturated rings. The van der Waals surface area contributed by atoms with Gasteiger partial charge in [0.2, 0.25) is 0 Å². The van der Waals surface area contributed by atoms with E-state index >= 15 is 0 Å². The molecule has 0 spiro atoms. The molecule has 8 heteroatoms. The van der Waals surface area contributed by atoms with E-state index in [4.69, 9.17) is 14.6 Å². The largest absolute Gasteiger partial charge is 0.485 e. The first-order valence-electron chi connectivity index (χ1n) is 6.29. The number of fused-ring (bicyclic) bond motifs is 1. The Hall–Kier alpha value is -1.80. The first kappa shape index (κ1) is 13.2. The number of amides is 1. The number of aliphatic carboxylic acids is 1. The van der Waals surface area contributed by atoms with Gasteiger partial charge in [0.15, 0.2) is 11.5 Å². The van der Waals surface area contributed by atoms with Crippen LogP contribution in [0.15, 0.2) is 5.38 Å². The van der Waals surface area contributed by atoms with Crippen molar-refractivity contribution in [1.29, 1.82) is 0 Å². The van der Waals surface area contributed by atoms with E-state index in [0.29, 0.717) is 42.7 Å². The molecule has 7 nitrogen and oxygen atoms in total. The Labute approximate surface area is 119 Å². The number of hydrogen-bond donors (Lipinski definition) is 2. The summed E-state index contributed by atoms with van der Waals surface area (Å²) in [4.78, 5) is 25.5. The number of carbonyl (C=O) groups excluding carboxylic acids is 1. The summed E-state index contributed by atoms with van der Waals surface area (Å²) in [5.74, 6) is -0.0732. The molecule has 2 N–H and O–H groups in total. The molecule has 1 aromatic rings. The molecule has 0 bridgehead atoms. The lowest BCUT2D eigenvalue weighted by molar-refractivity contribution is -0.140. The maximum absolute atomic E-state index is 12.5. The number of ether oxygens (including phenoxy) is 2. The molecule has 1 aromatic heterocycles. The highest BCUT2D eigenvalue weighted by Crippen LogP contribution is 2.39.